The van der Waals surface area contributed by atoms with Crippen molar-refractivity contribution in [1.29, 1.82) is 0 Å². The molecule has 9 nitrogen and oxygen atoms in total. The van der Waals surface area contributed by atoms with Crippen LogP contribution in [0.1, 0.15) is 42.6 Å². The van der Waals surface area contributed by atoms with E-state index < -0.39 is 5.82 Å². The van der Waals surface area contributed by atoms with Crippen molar-refractivity contribution in [3.05, 3.63) is 58.4 Å². The van der Waals surface area contributed by atoms with E-state index in [1.54, 1.807) is 29.4 Å². The van der Waals surface area contributed by atoms with Crippen LogP contribution in [0, 0.1) is 23.6 Å². The van der Waals surface area contributed by atoms with Gasteiger partial charge in [0.2, 0.25) is 11.9 Å². The fourth-order valence-electron chi connectivity index (χ4n) is 6.00. The molecule has 11 heteroatoms. The number of carbonyl (C=O) groups is 1. The lowest BCUT2D eigenvalue weighted by Crippen LogP contribution is -2.43. The number of nitrogens with two attached hydrogens (primary N) is 1. The smallest absolute Gasteiger partial charge is 0.227 e. The quantitative estimate of drug-likeness (QED) is 0.422. The summed E-state index contributed by atoms with van der Waals surface area (Å²) in [5.41, 5.74) is 2.39. The number of nitrogens with one attached hydrogen (secondary N) is 1. The molecular weight excluding hydrogens is 509 g/mol. The fourth-order valence-corrected chi connectivity index (χ4v) is 6.10. The molecule has 2 aromatic heterocycles. The Labute approximate surface area is 226 Å². The van der Waals surface area contributed by atoms with Gasteiger partial charge in [0.1, 0.15) is 11.6 Å². The Bertz CT molecular complexity index is 1290. The van der Waals surface area contributed by atoms with Gasteiger partial charge in [0, 0.05) is 32.1 Å². The zero-order valence-corrected chi connectivity index (χ0v) is 22.0. The summed E-state index contributed by atoms with van der Waals surface area (Å²) in [6.45, 7) is 3.59. The van der Waals surface area contributed by atoms with Crippen LogP contribution in [0.4, 0.5) is 10.3 Å². The van der Waals surface area contributed by atoms with Gasteiger partial charge in [-0.3, -0.25) is 9.89 Å². The van der Waals surface area contributed by atoms with Crippen molar-refractivity contribution in [1.82, 2.24) is 24.8 Å². The molecule has 2 aliphatic heterocycles. The van der Waals surface area contributed by atoms with Crippen LogP contribution in [0.3, 0.4) is 0 Å². The molecule has 3 aromatic rings. The number of amides is 1. The maximum atomic E-state index is 14.7. The number of nitrogens with zero attached hydrogens (tertiary/aromatic N) is 5. The zero-order valence-electron chi connectivity index (χ0n) is 21.3. The molecule has 1 saturated heterocycles. The van der Waals surface area contributed by atoms with Gasteiger partial charge in [-0.15, -0.1) is 0 Å². The first-order valence-corrected chi connectivity index (χ1v) is 13.8. The molecule has 1 amide bonds. The van der Waals surface area contributed by atoms with E-state index in [2.05, 4.69) is 20.0 Å². The minimum Gasteiger partial charge on any atom is -0.493 e. The maximum Gasteiger partial charge on any atom is 0.227 e. The first-order chi connectivity index (χ1) is 18.4. The van der Waals surface area contributed by atoms with Gasteiger partial charge in [-0.05, 0) is 55.1 Å². The average Bonchev–Trinajstić information content (AvgIpc) is 3.69. The molecule has 202 valence electrons. The van der Waals surface area contributed by atoms with Crippen LogP contribution >= 0.6 is 11.6 Å². The second-order valence-corrected chi connectivity index (χ2v) is 11.2. The Morgan fingerprint density at radius 3 is 2.74 bits per heavy atom. The molecule has 4 heterocycles. The van der Waals surface area contributed by atoms with Crippen molar-refractivity contribution in [2.75, 3.05) is 37.0 Å². The highest BCUT2D eigenvalue weighted by molar-refractivity contribution is 6.30. The largest absolute Gasteiger partial charge is 0.493 e. The monoisotopic (exact) mass is 541 g/mol. The number of hydrogen-bond acceptors (Lipinski definition) is 6. The lowest BCUT2D eigenvalue weighted by Gasteiger charge is -2.32. The van der Waals surface area contributed by atoms with Crippen molar-refractivity contribution < 1.29 is 13.9 Å². The molecule has 3 N–H and O–H groups in total. The summed E-state index contributed by atoms with van der Waals surface area (Å²) in [5, 5.41) is 3.55. The normalized spacial score (nSPS) is 21.4. The third kappa shape index (κ3) is 5.32. The van der Waals surface area contributed by atoms with E-state index in [1.807, 2.05) is 0 Å². The maximum absolute atomic E-state index is 14.7. The fraction of sp³-hybridized carbons (Fsp3) is 0.519. The van der Waals surface area contributed by atoms with Crippen LogP contribution < -0.4 is 15.5 Å². The number of halogens is 2. The number of carbonyl (C=O) groups excluding carboxylic acids is 1. The van der Waals surface area contributed by atoms with Gasteiger partial charge >= 0.3 is 0 Å². The molecule has 1 aliphatic carbocycles. The highest BCUT2D eigenvalue weighted by Gasteiger charge is 2.43. The second kappa shape index (κ2) is 10.5. The van der Waals surface area contributed by atoms with Crippen LogP contribution in [-0.4, -0.2) is 56.9 Å². The van der Waals surface area contributed by atoms with Crippen molar-refractivity contribution in [2.45, 2.75) is 45.1 Å². The van der Waals surface area contributed by atoms with E-state index in [0.29, 0.717) is 41.9 Å². The Morgan fingerprint density at radius 2 is 2.00 bits per heavy atom. The van der Waals surface area contributed by atoms with E-state index in [4.69, 9.17) is 22.2 Å². The molecule has 0 radical (unpaired) electrons. The van der Waals surface area contributed by atoms with Gasteiger partial charge in [-0.2, -0.15) is 0 Å². The van der Waals surface area contributed by atoms with E-state index in [-0.39, 0.29) is 12.3 Å². The lowest BCUT2D eigenvalue weighted by atomic mass is 9.90. The summed E-state index contributed by atoms with van der Waals surface area (Å²) >= 11 is 5.90. The molecule has 1 aromatic carbocycles. The number of aromatic nitrogens is 4. The van der Waals surface area contributed by atoms with Crippen molar-refractivity contribution in [3.63, 3.8) is 0 Å². The summed E-state index contributed by atoms with van der Waals surface area (Å²) in [6, 6.07) is 4.82. The number of nitrogen functional groups attached to an aromatic ring is 1. The molecular formula is C27H33ClFN7O2. The summed E-state index contributed by atoms with van der Waals surface area (Å²) in [5.74, 6) is 8.69. The Morgan fingerprint density at radius 1 is 1.21 bits per heavy atom. The van der Waals surface area contributed by atoms with Crippen LogP contribution in [0.5, 0.6) is 5.75 Å². The Hall–Kier alpha value is -3.27. The predicted molar refractivity (Wildman–Crippen MR) is 142 cm³/mol. The van der Waals surface area contributed by atoms with Crippen molar-refractivity contribution >= 4 is 23.5 Å². The van der Waals surface area contributed by atoms with E-state index in [0.717, 1.165) is 67.9 Å². The predicted octanol–water partition coefficient (Wildman–Crippen LogP) is 3.56. The Balaban J connectivity index is 0.920. The molecule has 1 saturated carbocycles. The third-order valence-electron chi connectivity index (χ3n) is 8.36. The highest BCUT2D eigenvalue weighted by atomic mass is 35.5. The van der Waals surface area contributed by atoms with Gasteiger partial charge in [-0.1, -0.05) is 17.7 Å². The minimum absolute atomic E-state index is 0.0272. The molecule has 0 unspecified atom stereocenters. The first-order valence-electron chi connectivity index (χ1n) is 13.4. The lowest BCUT2D eigenvalue weighted by molar-refractivity contribution is -0.131. The van der Waals surface area contributed by atoms with Gasteiger partial charge < -0.3 is 20.4 Å². The average molecular weight is 542 g/mol. The molecule has 6 rings (SSSR count). The summed E-state index contributed by atoms with van der Waals surface area (Å²) < 4.78 is 20.6. The second-order valence-electron chi connectivity index (χ2n) is 10.7. The molecule has 2 atom stereocenters. The standard InChI is InChI=1S/C27H33ClFN7O2/c28-20-14-31-27(32-15-20)34-7-3-17(4-8-34)22-11-18(22)6-10-38-21-2-1-19(23(29)13-21)12-26(37)35-9-5-24-25(16-35)36(30)33-24/h1-2,13-15,17-18,22,33H,3-12,16,30H2/t18-,22-/m1/s1. The number of rotatable bonds is 8. The van der Waals surface area contributed by atoms with Crippen LogP contribution in [0.2, 0.25) is 5.02 Å². The SMILES string of the molecule is Nn1[nH]c2c1CN(C(=O)Cc1ccc(OCC[C@@H]3C[C@@H]3C3CCN(c4ncc(Cl)cn4)CC3)cc1F)CC2. The number of piperidine rings is 1. The number of aromatic amines is 1. The zero-order chi connectivity index (χ0) is 26.2. The number of anilines is 1. The highest BCUT2D eigenvalue weighted by Crippen LogP contribution is 2.49. The van der Waals surface area contributed by atoms with Crippen LogP contribution in [-0.2, 0) is 24.2 Å². The number of fused-ring (bicyclic) bond motifs is 1. The van der Waals surface area contributed by atoms with Gasteiger partial charge in [0.25, 0.3) is 0 Å². The Kier molecular flexibility index (Phi) is 6.90. The van der Waals surface area contributed by atoms with Crippen LogP contribution in [0.25, 0.3) is 0 Å². The first kappa shape index (κ1) is 25.0. The summed E-state index contributed by atoms with van der Waals surface area (Å²) in [7, 11) is 0. The summed E-state index contributed by atoms with van der Waals surface area (Å²) in [4.78, 5) is 26.8. The number of H-pyrrole nitrogens is 1. The van der Waals surface area contributed by atoms with Crippen molar-refractivity contribution in [3.8, 4) is 5.75 Å². The third-order valence-corrected chi connectivity index (χ3v) is 8.55. The topological polar surface area (TPSA) is 105 Å². The van der Waals surface area contributed by atoms with E-state index >= 15 is 0 Å². The molecule has 2 fully saturated rings. The van der Waals surface area contributed by atoms with Gasteiger partial charge in [0.05, 0.1) is 48.4 Å². The summed E-state index contributed by atoms with van der Waals surface area (Å²) in [6.07, 6.45) is 8.59. The molecule has 3 aliphatic rings. The molecule has 0 spiro atoms. The van der Waals surface area contributed by atoms with Gasteiger partial charge in [0.15, 0.2) is 0 Å². The van der Waals surface area contributed by atoms with Crippen molar-refractivity contribution in [2.24, 2.45) is 17.8 Å². The van der Waals surface area contributed by atoms with Gasteiger partial charge in [-0.25, -0.2) is 19.1 Å². The number of benzene rings is 1. The van der Waals surface area contributed by atoms with E-state index in [1.165, 1.54) is 17.3 Å². The molecule has 38 heavy (non-hydrogen) atoms. The van der Waals surface area contributed by atoms with Crippen LogP contribution in [0.15, 0.2) is 30.6 Å². The number of ether oxygens (including phenoxy) is 1. The minimum atomic E-state index is -0.403. The van der Waals surface area contributed by atoms with E-state index in [9.17, 15) is 9.18 Å². The number of hydrogen-bond donors (Lipinski definition) is 2. The molecule has 0 bridgehead atoms.